The van der Waals surface area contributed by atoms with Crippen LogP contribution >= 0.6 is 0 Å². The quantitative estimate of drug-likeness (QED) is 0.502. The number of anilines is 2. The van der Waals surface area contributed by atoms with Gasteiger partial charge in [-0.1, -0.05) is 0 Å². The topological polar surface area (TPSA) is 77.8 Å². The molecule has 0 radical (unpaired) electrons. The average molecular weight is 146 g/mol. The van der Waals surface area contributed by atoms with Gasteiger partial charge in [0.1, 0.15) is 0 Å². The lowest BCUT2D eigenvalue weighted by Crippen LogP contribution is -2.05. The minimum absolute atomic E-state index is 0.378. The van der Waals surface area contributed by atoms with E-state index >= 15 is 0 Å². The van der Waals surface area contributed by atoms with Gasteiger partial charge in [0.25, 0.3) is 5.95 Å². The van der Waals surface area contributed by atoms with Crippen molar-refractivity contribution in [3.63, 3.8) is 0 Å². The summed E-state index contributed by atoms with van der Waals surface area (Å²) in [6, 6.07) is 0. The van der Waals surface area contributed by atoms with E-state index in [-0.39, 0.29) is 5.95 Å². The smallest absolute Gasteiger partial charge is 0.256 e. The predicted octanol–water partition coefficient (Wildman–Crippen LogP) is -0.0808. The molecule has 0 spiro atoms. The second-order valence-corrected chi connectivity index (χ2v) is 1.57. The minimum atomic E-state index is -1.33. The van der Waals surface area contributed by atoms with Gasteiger partial charge in [-0.05, 0) is 0 Å². The van der Waals surface area contributed by atoms with Crippen LogP contribution in [0, 0.1) is 11.8 Å². The van der Waals surface area contributed by atoms with E-state index in [1.807, 2.05) is 0 Å². The van der Waals surface area contributed by atoms with E-state index in [1.165, 1.54) is 0 Å². The van der Waals surface area contributed by atoms with Crippen molar-refractivity contribution >= 4 is 11.8 Å². The number of rotatable bonds is 0. The normalized spacial score (nSPS) is 9.80. The fraction of sp³-hybridized carbons (Fsp3) is 0. The van der Waals surface area contributed by atoms with E-state index in [0.29, 0.717) is 0 Å². The second kappa shape index (κ2) is 2.05. The third kappa shape index (κ3) is 0.949. The average Bonchev–Trinajstić information content (AvgIpc) is 1.82. The van der Waals surface area contributed by atoms with Crippen LogP contribution in [0.2, 0.25) is 0 Å². The number of nitrogens with two attached hydrogens (primary N) is 2. The largest absolute Gasteiger partial charge is 0.381 e. The number of nitrogen functional groups attached to an aromatic ring is 2. The highest BCUT2D eigenvalue weighted by Gasteiger charge is 2.08. The zero-order chi connectivity index (χ0) is 7.72. The van der Waals surface area contributed by atoms with E-state index in [9.17, 15) is 8.78 Å². The second-order valence-electron chi connectivity index (χ2n) is 1.57. The third-order valence-corrected chi connectivity index (χ3v) is 0.854. The molecule has 10 heavy (non-hydrogen) atoms. The van der Waals surface area contributed by atoms with Crippen LogP contribution in [0.5, 0.6) is 0 Å². The molecule has 0 bridgehead atoms. The summed E-state index contributed by atoms with van der Waals surface area (Å²) in [4.78, 5) is 6.04. The van der Waals surface area contributed by atoms with Gasteiger partial charge in [-0.3, -0.25) is 0 Å². The first-order valence-electron chi connectivity index (χ1n) is 2.35. The molecule has 1 aromatic heterocycles. The molecule has 0 aliphatic carbocycles. The summed E-state index contributed by atoms with van der Waals surface area (Å²) < 4.78 is 24.4. The molecule has 0 saturated carbocycles. The zero-order valence-corrected chi connectivity index (χ0v) is 4.81. The summed E-state index contributed by atoms with van der Waals surface area (Å²) in [5.41, 5.74) is 9.79. The molecule has 54 valence electrons. The zero-order valence-electron chi connectivity index (χ0n) is 4.81. The van der Waals surface area contributed by atoms with Gasteiger partial charge in [-0.2, -0.15) is 18.7 Å². The van der Waals surface area contributed by atoms with Crippen molar-refractivity contribution in [2.75, 3.05) is 11.5 Å². The van der Waals surface area contributed by atoms with E-state index < -0.39 is 17.6 Å². The maximum absolute atomic E-state index is 12.2. The number of hydrogen-bond donors (Lipinski definition) is 2. The molecule has 0 aliphatic rings. The molecule has 0 atom stereocenters. The first kappa shape index (κ1) is 6.66. The molecule has 0 aromatic carbocycles. The fourth-order valence-electron chi connectivity index (χ4n) is 0.453. The molecule has 1 aromatic rings. The van der Waals surface area contributed by atoms with Crippen LogP contribution in [-0.4, -0.2) is 9.97 Å². The van der Waals surface area contributed by atoms with Crippen LogP contribution in [0.15, 0.2) is 0 Å². The van der Waals surface area contributed by atoms with Gasteiger partial charge in [-0.15, -0.1) is 0 Å². The third-order valence-electron chi connectivity index (χ3n) is 0.854. The molecule has 4 N–H and O–H groups in total. The number of halogens is 2. The van der Waals surface area contributed by atoms with Crippen LogP contribution < -0.4 is 11.5 Å². The summed E-state index contributed by atoms with van der Waals surface area (Å²) in [5.74, 6) is -3.56. The molecule has 1 heterocycles. The summed E-state index contributed by atoms with van der Waals surface area (Å²) >= 11 is 0. The molecule has 0 fully saturated rings. The van der Waals surface area contributed by atoms with E-state index in [0.717, 1.165) is 0 Å². The summed E-state index contributed by atoms with van der Waals surface area (Å²) in [6.45, 7) is 0. The summed E-state index contributed by atoms with van der Waals surface area (Å²) in [6.07, 6.45) is 0. The van der Waals surface area contributed by atoms with E-state index in [1.54, 1.807) is 0 Å². The molecule has 1 rings (SSSR count). The first-order chi connectivity index (χ1) is 4.61. The summed E-state index contributed by atoms with van der Waals surface area (Å²) in [5, 5.41) is 0. The Labute approximate surface area is 54.9 Å². The Kier molecular flexibility index (Phi) is 1.37. The van der Waals surface area contributed by atoms with Crippen LogP contribution in [0.4, 0.5) is 20.5 Å². The Morgan fingerprint density at radius 2 is 1.70 bits per heavy atom. The van der Waals surface area contributed by atoms with Crippen LogP contribution in [-0.2, 0) is 0 Å². The Balaban J connectivity index is 3.31. The van der Waals surface area contributed by atoms with Gasteiger partial charge in [0.05, 0.1) is 0 Å². The lowest BCUT2D eigenvalue weighted by molar-refractivity contribution is 0.479. The lowest BCUT2D eigenvalue weighted by Gasteiger charge is -1.95. The van der Waals surface area contributed by atoms with E-state index in [2.05, 4.69) is 9.97 Å². The molecular formula is C4H4F2N4. The monoisotopic (exact) mass is 146 g/mol. The molecule has 4 nitrogen and oxygen atoms in total. The van der Waals surface area contributed by atoms with Gasteiger partial charge in [0.15, 0.2) is 5.82 Å². The molecule has 6 heteroatoms. The highest BCUT2D eigenvalue weighted by atomic mass is 19.2. The van der Waals surface area contributed by atoms with Crippen LogP contribution in [0.1, 0.15) is 0 Å². The molecule has 0 saturated heterocycles. The number of nitrogens with zero attached hydrogens (tertiary/aromatic N) is 2. The molecule has 0 aliphatic heterocycles. The lowest BCUT2D eigenvalue weighted by atomic mass is 10.5. The highest BCUT2D eigenvalue weighted by molar-refractivity contribution is 5.34. The van der Waals surface area contributed by atoms with Crippen molar-refractivity contribution < 1.29 is 8.78 Å². The van der Waals surface area contributed by atoms with Crippen molar-refractivity contribution in [2.45, 2.75) is 0 Å². The van der Waals surface area contributed by atoms with Crippen molar-refractivity contribution in [3.05, 3.63) is 11.8 Å². The maximum atomic E-state index is 12.2. The van der Waals surface area contributed by atoms with Gasteiger partial charge in [0.2, 0.25) is 11.8 Å². The highest BCUT2D eigenvalue weighted by Crippen LogP contribution is 2.09. The number of hydrogen-bond acceptors (Lipinski definition) is 4. The molecule has 0 amide bonds. The Morgan fingerprint density at radius 3 is 2.20 bits per heavy atom. The SMILES string of the molecule is Nc1nc(N)c(F)c(F)n1. The van der Waals surface area contributed by atoms with Crippen molar-refractivity contribution in [3.8, 4) is 0 Å². The number of aromatic nitrogens is 2. The van der Waals surface area contributed by atoms with Crippen molar-refractivity contribution in [1.82, 2.24) is 9.97 Å². The summed E-state index contributed by atoms with van der Waals surface area (Å²) in [7, 11) is 0. The van der Waals surface area contributed by atoms with Gasteiger partial charge in [-0.25, -0.2) is 0 Å². The predicted molar refractivity (Wildman–Crippen MR) is 30.8 cm³/mol. The molecule has 0 unspecified atom stereocenters. The van der Waals surface area contributed by atoms with Crippen molar-refractivity contribution in [1.29, 1.82) is 0 Å². The Morgan fingerprint density at radius 1 is 1.10 bits per heavy atom. The first-order valence-corrected chi connectivity index (χ1v) is 2.35. The Hall–Kier alpha value is -1.46. The van der Waals surface area contributed by atoms with Crippen LogP contribution in [0.25, 0.3) is 0 Å². The van der Waals surface area contributed by atoms with Gasteiger partial charge < -0.3 is 11.5 Å². The van der Waals surface area contributed by atoms with Crippen LogP contribution in [0.3, 0.4) is 0 Å². The fourth-order valence-corrected chi connectivity index (χ4v) is 0.453. The standard InChI is InChI=1S/C4H4F2N4/c5-1-2(6)9-4(8)10-3(1)7/h(H4,7,8,9,10). The van der Waals surface area contributed by atoms with E-state index in [4.69, 9.17) is 11.5 Å². The Bertz CT molecular complexity index is 238. The van der Waals surface area contributed by atoms with Gasteiger partial charge >= 0.3 is 0 Å². The molecular weight excluding hydrogens is 142 g/mol. The minimum Gasteiger partial charge on any atom is -0.381 e. The van der Waals surface area contributed by atoms with Crippen molar-refractivity contribution in [2.24, 2.45) is 0 Å². The maximum Gasteiger partial charge on any atom is 0.256 e. The van der Waals surface area contributed by atoms with Gasteiger partial charge in [0, 0.05) is 0 Å².